The molecule has 2 aromatic heterocycles. The van der Waals surface area contributed by atoms with Gasteiger partial charge < -0.3 is 14.4 Å². The molecule has 110 valence electrons. The second-order valence-corrected chi connectivity index (χ2v) is 5.02. The molecule has 2 heterocycles. The molecular formula is C15H18N4O2. The van der Waals surface area contributed by atoms with Crippen molar-refractivity contribution in [1.82, 2.24) is 19.3 Å². The molecule has 1 N–H and O–H groups in total. The number of aliphatic hydroxyl groups excluding tert-OH is 1. The summed E-state index contributed by atoms with van der Waals surface area (Å²) in [6, 6.07) is 9.79. The smallest absolute Gasteiger partial charge is 0.161 e. The van der Waals surface area contributed by atoms with Gasteiger partial charge in [-0.15, -0.1) is 0 Å². The molecule has 6 nitrogen and oxygen atoms in total. The molecule has 0 spiro atoms. The number of imidazole rings is 1. The lowest BCUT2D eigenvalue weighted by Gasteiger charge is -2.13. The second-order valence-electron chi connectivity index (χ2n) is 5.02. The van der Waals surface area contributed by atoms with Crippen molar-refractivity contribution in [2.24, 2.45) is 7.05 Å². The van der Waals surface area contributed by atoms with E-state index < -0.39 is 6.10 Å². The maximum absolute atomic E-state index is 10.1. The molecule has 21 heavy (non-hydrogen) atoms. The molecule has 0 aliphatic heterocycles. The van der Waals surface area contributed by atoms with Gasteiger partial charge in [-0.25, -0.2) is 4.98 Å². The number of methoxy groups -OCH3 is 1. The Hall–Kier alpha value is -2.18. The predicted molar refractivity (Wildman–Crippen MR) is 79.8 cm³/mol. The van der Waals surface area contributed by atoms with E-state index in [-0.39, 0.29) is 6.61 Å². The fourth-order valence-electron chi connectivity index (χ4n) is 2.45. The van der Waals surface area contributed by atoms with Crippen LogP contribution in [0.1, 0.15) is 0 Å². The maximum atomic E-state index is 10.1. The molecule has 0 amide bonds. The number of aliphatic hydroxyl groups is 1. The van der Waals surface area contributed by atoms with Crippen LogP contribution in [0.25, 0.3) is 22.6 Å². The zero-order valence-corrected chi connectivity index (χ0v) is 12.1. The van der Waals surface area contributed by atoms with Crippen LogP contribution in [0.4, 0.5) is 0 Å². The largest absolute Gasteiger partial charge is 0.389 e. The first-order valence-corrected chi connectivity index (χ1v) is 6.81. The summed E-state index contributed by atoms with van der Waals surface area (Å²) in [6.45, 7) is 0.703. The SMILES string of the molecule is COC[C@H](O)Cn1c(-c2ccn(C)n2)nc2ccccc21. The molecule has 0 saturated carbocycles. The van der Waals surface area contributed by atoms with Gasteiger partial charge in [-0.2, -0.15) is 5.10 Å². The highest BCUT2D eigenvalue weighted by atomic mass is 16.5. The van der Waals surface area contributed by atoms with Gasteiger partial charge in [0.25, 0.3) is 0 Å². The van der Waals surface area contributed by atoms with Crippen molar-refractivity contribution in [1.29, 1.82) is 0 Å². The van der Waals surface area contributed by atoms with Crippen molar-refractivity contribution in [2.75, 3.05) is 13.7 Å². The Bertz CT molecular complexity index is 747. The summed E-state index contributed by atoms with van der Waals surface area (Å²) in [7, 11) is 3.45. The molecule has 1 aromatic carbocycles. The van der Waals surface area contributed by atoms with Crippen molar-refractivity contribution in [3.8, 4) is 11.5 Å². The first kappa shape index (κ1) is 13.8. The zero-order chi connectivity index (χ0) is 14.8. The number of para-hydroxylation sites is 2. The molecule has 0 bridgehead atoms. The quantitative estimate of drug-likeness (QED) is 0.771. The van der Waals surface area contributed by atoms with Gasteiger partial charge in [0, 0.05) is 20.4 Å². The molecule has 3 rings (SSSR count). The van der Waals surface area contributed by atoms with Crippen LogP contribution in [0.2, 0.25) is 0 Å². The van der Waals surface area contributed by atoms with E-state index in [9.17, 15) is 5.11 Å². The van der Waals surface area contributed by atoms with E-state index in [1.54, 1.807) is 11.8 Å². The monoisotopic (exact) mass is 286 g/mol. The van der Waals surface area contributed by atoms with Crippen LogP contribution in [0.15, 0.2) is 36.5 Å². The fourth-order valence-corrected chi connectivity index (χ4v) is 2.45. The van der Waals surface area contributed by atoms with Crippen molar-refractivity contribution >= 4 is 11.0 Å². The number of benzene rings is 1. The van der Waals surface area contributed by atoms with Gasteiger partial charge in [-0.05, 0) is 18.2 Å². The summed E-state index contributed by atoms with van der Waals surface area (Å²) in [5.74, 6) is 0.756. The van der Waals surface area contributed by atoms with Crippen molar-refractivity contribution in [2.45, 2.75) is 12.6 Å². The highest BCUT2D eigenvalue weighted by molar-refractivity contribution is 5.79. The van der Waals surface area contributed by atoms with E-state index in [2.05, 4.69) is 10.1 Å². The van der Waals surface area contributed by atoms with Crippen molar-refractivity contribution in [3.63, 3.8) is 0 Å². The number of rotatable bonds is 5. The third-order valence-corrected chi connectivity index (χ3v) is 3.35. The van der Waals surface area contributed by atoms with Crippen molar-refractivity contribution in [3.05, 3.63) is 36.5 Å². The number of fused-ring (bicyclic) bond motifs is 1. The van der Waals surface area contributed by atoms with Crippen LogP contribution in [0.5, 0.6) is 0 Å². The van der Waals surface area contributed by atoms with Crippen LogP contribution in [0.3, 0.4) is 0 Å². The summed E-state index contributed by atoms with van der Waals surface area (Å²) in [6.07, 6.45) is 1.29. The molecule has 0 aliphatic carbocycles. The van der Waals surface area contributed by atoms with Gasteiger partial charge in [0.15, 0.2) is 5.82 Å². The van der Waals surface area contributed by atoms with Crippen LogP contribution >= 0.6 is 0 Å². The van der Waals surface area contributed by atoms with Crippen LogP contribution in [-0.4, -0.2) is 44.3 Å². The lowest BCUT2D eigenvalue weighted by Crippen LogP contribution is -2.21. The first-order chi connectivity index (χ1) is 10.2. The van der Waals surface area contributed by atoms with Crippen molar-refractivity contribution < 1.29 is 9.84 Å². The number of ether oxygens (including phenoxy) is 1. The van der Waals surface area contributed by atoms with E-state index in [0.717, 1.165) is 22.6 Å². The summed E-state index contributed by atoms with van der Waals surface area (Å²) >= 11 is 0. The third kappa shape index (κ3) is 2.68. The minimum atomic E-state index is -0.588. The molecule has 0 radical (unpaired) electrons. The summed E-state index contributed by atoms with van der Waals surface area (Å²) in [5.41, 5.74) is 2.66. The van der Waals surface area contributed by atoms with Crippen LogP contribution < -0.4 is 0 Å². The van der Waals surface area contributed by atoms with Crippen LogP contribution in [-0.2, 0) is 18.3 Å². The fraction of sp³-hybridized carbons (Fsp3) is 0.333. The number of nitrogens with zero attached hydrogens (tertiary/aromatic N) is 4. The second kappa shape index (κ2) is 5.67. The summed E-state index contributed by atoms with van der Waals surface area (Å²) in [5, 5.41) is 14.5. The normalized spacial score (nSPS) is 12.9. The topological polar surface area (TPSA) is 65.1 Å². The highest BCUT2D eigenvalue weighted by Gasteiger charge is 2.16. The Kier molecular flexibility index (Phi) is 3.72. The molecule has 1 atom stereocenters. The Morgan fingerprint density at radius 3 is 2.81 bits per heavy atom. The van der Waals surface area contributed by atoms with Gasteiger partial charge in [-0.1, -0.05) is 12.1 Å². The van der Waals surface area contributed by atoms with E-state index in [1.165, 1.54) is 0 Å². The van der Waals surface area contributed by atoms with Crippen LogP contribution in [0, 0.1) is 0 Å². The molecule has 0 aliphatic rings. The lowest BCUT2D eigenvalue weighted by atomic mass is 10.3. The minimum Gasteiger partial charge on any atom is -0.389 e. The average Bonchev–Trinajstić information content (AvgIpc) is 3.04. The number of hydrogen-bond acceptors (Lipinski definition) is 4. The summed E-state index contributed by atoms with van der Waals surface area (Å²) in [4.78, 5) is 4.64. The van der Waals surface area contributed by atoms with Gasteiger partial charge >= 0.3 is 0 Å². The van der Waals surface area contributed by atoms with E-state index in [4.69, 9.17) is 4.74 Å². The standard InChI is InChI=1S/C15H18N4O2/c1-18-8-7-13(17-18)15-16-12-5-3-4-6-14(12)19(15)9-11(20)10-21-2/h3-8,11,20H,9-10H2,1-2H3/t11-/m1/s1. The Balaban J connectivity index is 2.09. The molecule has 3 aromatic rings. The van der Waals surface area contributed by atoms with Gasteiger partial charge in [0.1, 0.15) is 5.69 Å². The molecule has 0 fully saturated rings. The molecule has 6 heteroatoms. The first-order valence-electron chi connectivity index (χ1n) is 6.81. The maximum Gasteiger partial charge on any atom is 0.161 e. The van der Waals surface area contributed by atoms with E-state index >= 15 is 0 Å². The van der Waals surface area contributed by atoms with Gasteiger partial charge in [-0.3, -0.25) is 4.68 Å². The zero-order valence-electron chi connectivity index (χ0n) is 12.1. The minimum absolute atomic E-state index is 0.286. The van der Waals surface area contributed by atoms with Gasteiger partial charge in [0.05, 0.1) is 30.3 Å². The molecule has 0 unspecified atom stereocenters. The van der Waals surface area contributed by atoms with E-state index in [0.29, 0.717) is 6.54 Å². The average molecular weight is 286 g/mol. The van der Waals surface area contributed by atoms with Gasteiger partial charge in [0.2, 0.25) is 0 Å². The molecular weight excluding hydrogens is 268 g/mol. The Morgan fingerprint density at radius 2 is 2.10 bits per heavy atom. The third-order valence-electron chi connectivity index (χ3n) is 3.35. The lowest BCUT2D eigenvalue weighted by molar-refractivity contribution is 0.0546. The van der Waals surface area contributed by atoms with E-state index in [1.807, 2.05) is 48.1 Å². The highest BCUT2D eigenvalue weighted by Crippen LogP contribution is 2.23. The Labute approximate surface area is 122 Å². The predicted octanol–water partition coefficient (Wildman–Crippen LogP) is 1.44. The number of aryl methyl sites for hydroxylation is 1. The number of aromatic nitrogens is 4. The molecule has 0 saturated heterocycles. The Morgan fingerprint density at radius 1 is 1.29 bits per heavy atom. The number of hydrogen-bond donors (Lipinski definition) is 1. The summed E-state index contributed by atoms with van der Waals surface area (Å²) < 4.78 is 8.74.